The number of para-hydroxylation sites is 1. The van der Waals surface area contributed by atoms with Gasteiger partial charge in [-0.3, -0.25) is 9.59 Å². The van der Waals surface area contributed by atoms with Crippen LogP contribution in [-0.4, -0.2) is 28.3 Å². The summed E-state index contributed by atoms with van der Waals surface area (Å²) in [7, 11) is 3.40. The van der Waals surface area contributed by atoms with Crippen LogP contribution < -0.4 is 9.64 Å². The number of amides is 1. The van der Waals surface area contributed by atoms with Crippen molar-refractivity contribution in [3.05, 3.63) is 123 Å². The molecule has 1 amide bonds. The molecule has 0 atom stereocenters. The summed E-state index contributed by atoms with van der Waals surface area (Å²) in [6, 6.07) is 23.2. The standard InChI is InChI=1S/C33H26Cl2N4O3/c1-20-7-10-23-5-4-6-29(32(23)37-20)42-19-25-26(34)13-14-27(31(25)35)39(3)30(40)16-22-15-28(38(2)18-22)33(41)24-11-8-21(17-36)9-12-24/h4-15,18H,16,19H2,1-3H3. The van der Waals surface area contributed by atoms with E-state index in [-0.39, 0.29) is 24.7 Å². The van der Waals surface area contributed by atoms with Crippen molar-refractivity contribution < 1.29 is 14.3 Å². The normalized spacial score (nSPS) is 10.9. The number of aromatic nitrogens is 2. The summed E-state index contributed by atoms with van der Waals surface area (Å²) < 4.78 is 7.81. The van der Waals surface area contributed by atoms with Crippen molar-refractivity contribution in [2.75, 3.05) is 11.9 Å². The quantitative estimate of drug-likeness (QED) is 0.179. The van der Waals surface area contributed by atoms with Crippen LogP contribution in [-0.2, 0) is 24.9 Å². The van der Waals surface area contributed by atoms with Gasteiger partial charge in [-0.2, -0.15) is 5.26 Å². The lowest BCUT2D eigenvalue weighted by molar-refractivity contribution is -0.117. The van der Waals surface area contributed by atoms with Gasteiger partial charge in [-0.25, -0.2) is 4.98 Å². The molecule has 2 heterocycles. The highest BCUT2D eigenvalue weighted by atomic mass is 35.5. The molecule has 0 fully saturated rings. The molecule has 0 saturated carbocycles. The summed E-state index contributed by atoms with van der Waals surface area (Å²) in [6.07, 6.45) is 1.81. The lowest BCUT2D eigenvalue weighted by Gasteiger charge is -2.21. The average molecular weight is 598 g/mol. The van der Waals surface area contributed by atoms with Crippen molar-refractivity contribution in [2.45, 2.75) is 20.0 Å². The molecule has 42 heavy (non-hydrogen) atoms. The van der Waals surface area contributed by atoms with E-state index in [1.54, 1.807) is 67.3 Å². The first-order valence-electron chi connectivity index (χ1n) is 13.1. The topological polar surface area (TPSA) is 88.2 Å². The van der Waals surface area contributed by atoms with E-state index in [4.69, 9.17) is 33.2 Å². The molecular formula is C33H26Cl2N4O3. The smallest absolute Gasteiger partial charge is 0.231 e. The minimum Gasteiger partial charge on any atom is -0.487 e. The first-order chi connectivity index (χ1) is 20.2. The lowest BCUT2D eigenvalue weighted by Crippen LogP contribution is -2.28. The van der Waals surface area contributed by atoms with Crippen LogP contribution in [0.5, 0.6) is 5.75 Å². The first-order valence-corrected chi connectivity index (χ1v) is 13.8. The summed E-state index contributed by atoms with van der Waals surface area (Å²) in [4.78, 5) is 32.4. The third-order valence-corrected chi connectivity index (χ3v) is 7.80. The van der Waals surface area contributed by atoms with Crippen LogP contribution in [0.4, 0.5) is 5.69 Å². The molecule has 9 heteroatoms. The maximum Gasteiger partial charge on any atom is 0.231 e. The number of carbonyl (C=O) groups is 2. The van der Waals surface area contributed by atoms with E-state index >= 15 is 0 Å². The largest absolute Gasteiger partial charge is 0.487 e. The van der Waals surface area contributed by atoms with E-state index in [1.165, 1.54) is 4.90 Å². The number of ketones is 1. The van der Waals surface area contributed by atoms with Gasteiger partial charge in [0.05, 0.1) is 34.5 Å². The van der Waals surface area contributed by atoms with Crippen molar-refractivity contribution in [3.8, 4) is 11.8 Å². The molecular weight excluding hydrogens is 571 g/mol. The molecule has 2 aromatic heterocycles. The van der Waals surface area contributed by atoms with Crippen LogP contribution in [0, 0.1) is 18.3 Å². The van der Waals surface area contributed by atoms with Gasteiger partial charge in [0.1, 0.15) is 17.9 Å². The van der Waals surface area contributed by atoms with E-state index in [0.717, 1.165) is 16.6 Å². The number of pyridine rings is 1. The molecule has 3 aromatic carbocycles. The van der Waals surface area contributed by atoms with Gasteiger partial charge in [-0.15, -0.1) is 0 Å². The third kappa shape index (κ3) is 5.87. The Bertz CT molecular complexity index is 1870. The Balaban J connectivity index is 1.32. The predicted molar refractivity (Wildman–Crippen MR) is 164 cm³/mol. The van der Waals surface area contributed by atoms with Gasteiger partial charge >= 0.3 is 0 Å². The number of ether oxygens (including phenoxy) is 1. The zero-order valence-electron chi connectivity index (χ0n) is 23.2. The number of nitrogens with zero attached hydrogens (tertiary/aromatic N) is 4. The highest BCUT2D eigenvalue weighted by Gasteiger charge is 2.21. The maximum absolute atomic E-state index is 13.3. The molecule has 0 aliphatic heterocycles. The van der Waals surface area contributed by atoms with E-state index in [1.807, 2.05) is 43.3 Å². The fraction of sp³-hybridized carbons (Fsp3) is 0.152. The molecule has 0 unspecified atom stereocenters. The van der Waals surface area contributed by atoms with Crippen LogP contribution in [0.1, 0.15) is 38.4 Å². The Hall–Kier alpha value is -4.64. The van der Waals surface area contributed by atoms with Gasteiger partial charge in [-0.05, 0) is 67.1 Å². The molecule has 0 saturated heterocycles. The Kier molecular flexibility index (Phi) is 8.30. The van der Waals surface area contributed by atoms with Gasteiger partial charge in [0.15, 0.2) is 0 Å². The number of rotatable bonds is 8. The molecule has 7 nitrogen and oxygen atoms in total. The molecule has 5 rings (SSSR count). The van der Waals surface area contributed by atoms with Gasteiger partial charge < -0.3 is 14.2 Å². The minimum atomic E-state index is -0.220. The van der Waals surface area contributed by atoms with Crippen molar-refractivity contribution in [3.63, 3.8) is 0 Å². The summed E-state index contributed by atoms with van der Waals surface area (Å²) in [6.45, 7) is 2.01. The second kappa shape index (κ2) is 12.1. The Morgan fingerprint density at radius 1 is 1.05 bits per heavy atom. The number of aryl methyl sites for hydroxylation is 2. The lowest BCUT2D eigenvalue weighted by atomic mass is 10.1. The Morgan fingerprint density at radius 3 is 2.55 bits per heavy atom. The average Bonchev–Trinajstić information content (AvgIpc) is 3.35. The van der Waals surface area contributed by atoms with E-state index in [2.05, 4.69) is 4.98 Å². The number of benzene rings is 3. The minimum absolute atomic E-state index is 0.0524. The molecule has 0 spiro atoms. The SMILES string of the molecule is Cc1ccc2cccc(OCc3c(Cl)ccc(N(C)C(=O)Cc4cc(C(=O)c5ccc(C#N)cc5)n(C)c4)c3Cl)c2n1. The third-order valence-electron chi connectivity index (χ3n) is 7.02. The van der Waals surface area contributed by atoms with Crippen molar-refractivity contribution in [2.24, 2.45) is 7.05 Å². The monoisotopic (exact) mass is 596 g/mol. The van der Waals surface area contributed by atoms with E-state index < -0.39 is 0 Å². The van der Waals surface area contributed by atoms with Gasteiger partial charge in [0.2, 0.25) is 11.7 Å². The summed E-state index contributed by atoms with van der Waals surface area (Å²) in [5.74, 6) is 0.187. The fourth-order valence-electron chi connectivity index (χ4n) is 4.69. The number of nitriles is 1. The second-order valence-corrected chi connectivity index (χ2v) is 10.7. The zero-order chi connectivity index (χ0) is 30.0. The van der Waals surface area contributed by atoms with Crippen LogP contribution in [0.15, 0.2) is 79.0 Å². The van der Waals surface area contributed by atoms with Crippen LogP contribution >= 0.6 is 23.2 Å². The van der Waals surface area contributed by atoms with Gasteiger partial charge in [0.25, 0.3) is 0 Å². The molecule has 0 radical (unpaired) electrons. The highest BCUT2D eigenvalue weighted by molar-refractivity contribution is 6.38. The number of anilines is 1. The summed E-state index contributed by atoms with van der Waals surface area (Å²) in [5, 5.41) is 10.7. The zero-order valence-corrected chi connectivity index (χ0v) is 24.7. The van der Waals surface area contributed by atoms with Gasteiger partial charge in [0, 0.05) is 47.5 Å². The molecule has 0 N–H and O–H groups in total. The van der Waals surface area contributed by atoms with Crippen molar-refractivity contribution >= 4 is 51.5 Å². The molecule has 210 valence electrons. The first kappa shape index (κ1) is 28.9. The van der Waals surface area contributed by atoms with E-state index in [9.17, 15) is 9.59 Å². The Labute approximate surface area is 253 Å². The number of halogens is 2. The number of likely N-dealkylation sites (N-methyl/N-ethyl adjacent to an activating group) is 1. The molecule has 0 bridgehead atoms. The van der Waals surface area contributed by atoms with Crippen molar-refractivity contribution in [1.29, 1.82) is 5.26 Å². The predicted octanol–water partition coefficient (Wildman–Crippen LogP) is 7.08. The summed E-state index contributed by atoms with van der Waals surface area (Å²) in [5.41, 5.74) is 4.71. The van der Waals surface area contributed by atoms with Crippen molar-refractivity contribution in [1.82, 2.24) is 9.55 Å². The number of hydrogen-bond acceptors (Lipinski definition) is 5. The number of fused-ring (bicyclic) bond motifs is 1. The van der Waals surface area contributed by atoms with Crippen LogP contribution in [0.2, 0.25) is 10.0 Å². The number of carbonyl (C=O) groups excluding carboxylic acids is 2. The van der Waals surface area contributed by atoms with Crippen LogP contribution in [0.25, 0.3) is 10.9 Å². The molecule has 5 aromatic rings. The Morgan fingerprint density at radius 2 is 1.81 bits per heavy atom. The van der Waals surface area contributed by atoms with Gasteiger partial charge in [-0.1, -0.05) is 41.4 Å². The fourth-order valence-corrected chi connectivity index (χ4v) is 5.29. The van der Waals surface area contributed by atoms with E-state index in [0.29, 0.717) is 49.4 Å². The van der Waals surface area contributed by atoms with Crippen LogP contribution in [0.3, 0.4) is 0 Å². The summed E-state index contributed by atoms with van der Waals surface area (Å²) >= 11 is 13.3. The molecule has 0 aliphatic rings. The number of hydrogen-bond donors (Lipinski definition) is 0. The highest BCUT2D eigenvalue weighted by Crippen LogP contribution is 2.35. The second-order valence-electron chi connectivity index (χ2n) is 9.92. The molecule has 0 aliphatic carbocycles. The maximum atomic E-state index is 13.3.